The summed E-state index contributed by atoms with van der Waals surface area (Å²) >= 11 is 0. The Kier molecular flexibility index (Phi) is 3.98. The molecule has 0 heterocycles. The first kappa shape index (κ1) is 12.5. The topological polar surface area (TPSA) is 35.2 Å². The molecule has 0 aromatic carbocycles. The molecule has 0 saturated carbocycles. The van der Waals surface area contributed by atoms with E-state index in [1.54, 1.807) is 0 Å². The van der Waals surface area contributed by atoms with Gasteiger partial charge in [-0.1, -0.05) is 0 Å². The molecule has 0 unspecified atom stereocenters. The Labute approximate surface area is 69.6 Å². The average molecular weight is 211 g/mol. The zero-order valence-corrected chi connectivity index (χ0v) is 6.24. The van der Waals surface area contributed by atoms with E-state index in [2.05, 4.69) is 10.7 Å². The van der Waals surface area contributed by atoms with E-state index in [1.807, 2.05) is 0 Å². The van der Waals surface area contributed by atoms with Gasteiger partial charge in [0, 0.05) is 6.42 Å². The lowest BCUT2D eigenvalue weighted by atomic mass is 10.1. The Morgan fingerprint density at radius 2 is 1.62 bits per heavy atom. The molecule has 0 spiro atoms. The van der Waals surface area contributed by atoms with Crippen molar-refractivity contribution < 1.29 is 31.2 Å². The fourth-order valence-electron chi connectivity index (χ4n) is 0.513. The molecule has 8 heteroatoms. The van der Waals surface area contributed by atoms with Gasteiger partial charge in [-0.25, -0.2) is 14.7 Å². The molecule has 0 aliphatic heterocycles. The standard InChI is InChI=1S/C5H7F6NO/c6-3(7)5(10,11)4(8,9)1-2-13-12/h3H,1-2,12H2. The molecule has 0 aromatic heterocycles. The minimum absolute atomic E-state index is 0.921. The van der Waals surface area contributed by atoms with Gasteiger partial charge in [0.2, 0.25) is 0 Å². The Balaban J connectivity index is 4.41. The van der Waals surface area contributed by atoms with E-state index in [0.717, 1.165) is 0 Å². The highest BCUT2D eigenvalue weighted by atomic mass is 19.3. The van der Waals surface area contributed by atoms with Gasteiger partial charge in [-0.2, -0.15) is 17.6 Å². The Morgan fingerprint density at radius 3 is 1.92 bits per heavy atom. The molecule has 0 radical (unpaired) electrons. The Morgan fingerprint density at radius 1 is 1.15 bits per heavy atom. The molecule has 2 nitrogen and oxygen atoms in total. The lowest BCUT2D eigenvalue weighted by Gasteiger charge is -2.25. The van der Waals surface area contributed by atoms with Gasteiger partial charge < -0.3 is 4.84 Å². The van der Waals surface area contributed by atoms with Gasteiger partial charge in [-0.15, -0.1) is 0 Å². The quantitative estimate of drug-likeness (QED) is 0.555. The van der Waals surface area contributed by atoms with Crippen LogP contribution >= 0.6 is 0 Å². The smallest absolute Gasteiger partial charge is 0.304 e. The minimum atomic E-state index is -5.36. The first-order valence-corrected chi connectivity index (χ1v) is 3.11. The molecule has 80 valence electrons. The van der Waals surface area contributed by atoms with E-state index < -0.39 is 31.3 Å². The summed E-state index contributed by atoms with van der Waals surface area (Å²) in [5, 5.41) is 0. The van der Waals surface area contributed by atoms with Crippen LogP contribution in [0.5, 0.6) is 0 Å². The molecular weight excluding hydrogens is 204 g/mol. The first-order valence-electron chi connectivity index (χ1n) is 3.11. The number of nitrogens with two attached hydrogens (primary N) is 1. The highest BCUT2D eigenvalue weighted by Gasteiger charge is 2.62. The lowest BCUT2D eigenvalue weighted by Crippen LogP contribution is -2.47. The van der Waals surface area contributed by atoms with E-state index in [0.29, 0.717) is 0 Å². The van der Waals surface area contributed by atoms with Crippen LogP contribution in [0.1, 0.15) is 6.42 Å². The molecule has 0 aliphatic rings. The van der Waals surface area contributed by atoms with Crippen LogP contribution in [0.2, 0.25) is 0 Å². The van der Waals surface area contributed by atoms with Crippen molar-refractivity contribution in [3.05, 3.63) is 0 Å². The van der Waals surface area contributed by atoms with Crippen LogP contribution in [0.25, 0.3) is 0 Å². The second-order valence-electron chi connectivity index (χ2n) is 2.25. The molecule has 0 atom stereocenters. The van der Waals surface area contributed by atoms with E-state index in [1.165, 1.54) is 0 Å². The molecule has 0 bridgehead atoms. The molecule has 0 fully saturated rings. The third kappa shape index (κ3) is 2.73. The van der Waals surface area contributed by atoms with Crippen molar-refractivity contribution in [3.63, 3.8) is 0 Å². The van der Waals surface area contributed by atoms with Crippen LogP contribution in [-0.2, 0) is 4.84 Å². The summed E-state index contributed by atoms with van der Waals surface area (Å²) in [6.45, 7) is -0.921. The van der Waals surface area contributed by atoms with Crippen molar-refractivity contribution in [1.82, 2.24) is 0 Å². The first-order chi connectivity index (χ1) is 5.75. The number of alkyl halides is 6. The van der Waals surface area contributed by atoms with Gasteiger partial charge in [0.05, 0.1) is 6.61 Å². The Hall–Kier alpha value is -0.500. The van der Waals surface area contributed by atoms with Gasteiger partial charge in [0.15, 0.2) is 0 Å². The molecule has 0 saturated heterocycles. The summed E-state index contributed by atoms with van der Waals surface area (Å²) in [4.78, 5) is 3.59. The third-order valence-electron chi connectivity index (χ3n) is 1.30. The summed E-state index contributed by atoms with van der Waals surface area (Å²) < 4.78 is 71.5. The van der Waals surface area contributed by atoms with Crippen LogP contribution in [0.3, 0.4) is 0 Å². The van der Waals surface area contributed by atoms with Gasteiger partial charge in [-0.05, 0) is 0 Å². The van der Waals surface area contributed by atoms with Crippen molar-refractivity contribution >= 4 is 0 Å². The van der Waals surface area contributed by atoms with Crippen molar-refractivity contribution in [3.8, 4) is 0 Å². The van der Waals surface area contributed by atoms with Crippen LogP contribution < -0.4 is 5.90 Å². The van der Waals surface area contributed by atoms with E-state index >= 15 is 0 Å². The van der Waals surface area contributed by atoms with Crippen LogP contribution in [0.4, 0.5) is 26.3 Å². The van der Waals surface area contributed by atoms with E-state index in [4.69, 9.17) is 0 Å². The number of hydrogen-bond acceptors (Lipinski definition) is 2. The second kappa shape index (κ2) is 4.14. The van der Waals surface area contributed by atoms with Crippen molar-refractivity contribution in [2.45, 2.75) is 24.7 Å². The normalized spacial score (nSPS) is 13.8. The molecule has 2 N–H and O–H groups in total. The van der Waals surface area contributed by atoms with Crippen LogP contribution in [-0.4, -0.2) is 24.9 Å². The van der Waals surface area contributed by atoms with Crippen molar-refractivity contribution in [2.75, 3.05) is 6.61 Å². The highest BCUT2D eigenvalue weighted by Crippen LogP contribution is 2.41. The zero-order valence-electron chi connectivity index (χ0n) is 6.24. The zero-order chi connectivity index (χ0) is 10.7. The fraction of sp³-hybridized carbons (Fsp3) is 1.00. The summed E-state index contributed by atoms with van der Waals surface area (Å²) in [5.41, 5.74) is 0. The van der Waals surface area contributed by atoms with Crippen molar-refractivity contribution in [1.29, 1.82) is 0 Å². The lowest BCUT2D eigenvalue weighted by molar-refractivity contribution is -0.268. The van der Waals surface area contributed by atoms with Gasteiger partial charge >= 0.3 is 18.3 Å². The largest absolute Gasteiger partial charge is 0.369 e. The number of halogens is 6. The molecule has 13 heavy (non-hydrogen) atoms. The minimum Gasteiger partial charge on any atom is -0.304 e. The maximum atomic E-state index is 12.3. The molecule has 0 rings (SSSR count). The number of hydrogen-bond donors (Lipinski definition) is 1. The highest BCUT2D eigenvalue weighted by molar-refractivity contribution is 4.86. The van der Waals surface area contributed by atoms with Gasteiger partial charge in [0.1, 0.15) is 0 Å². The van der Waals surface area contributed by atoms with Gasteiger partial charge in [-0.3, -0.25) is 0 Å². The molecule has 0 amide bonds. The van der Waals surface area contributed by atoms with E-state index in [-0.39, 0.29) is 0 Å². The molecule has 0 aliphatic carbocycles. The van der Waals surface area contributed by atoms with Gasteiger partial charge in [0.25, 0.3) is 0 Å². The van der Waals surface area contributed by atoms with Crippen LogP contribution in [0.15, 0.2) is 0 Å². The predicted molar refractivity (Wildman–Crippen MR) is 30.7 cm³/mol. The summed E-state index contributed by atoms with van der Waals surface area (Å²) in [6, 6.07) is 0. The predicted octanol–water partition coefficient (Wildman–Crippen LogP) is 1.80. The maximum Gasteiger partial charge on any atom is 0.369 e. The van der Waals surface area contributed by atoms with Crippen molar-refractivity contribution in [2.24, 2.45) is 5.90 Å². The SMILES string of the molecule is NOCCC(F)(F)C(F)(F)C(F)F. The fourth-order valence-corrected chi connectivity index (χ4v) is 0.513. The summed E-state index contributed by atoms with van der Waals surface area (Å²) in [6.07, 6.45) is -5.97. The molecule has 0 aromatic rings. The summed E-state index contributed by atoms with van der Waals surface area (Å²) in [7, 11) is 0. The van der Waals surface area contributed by atoms with E-state index in [9.17, 15) is 26.3 Å². The molecular formula is C5H7F6NO. The monoisotopic (exact) mass is 211 g/mol. The number of rotatable bonds is 5. The Bertz CT molecular complexity index is 161. The average Bonchev–Trinajstić information content (AvgIpc) is 2.00. The summed E-state index contributed by atoms with van der Waals surface area (Å²) in [5.74, 6) is -5.89. The maximum absolute atomic E-state index is 12.3. The third-order valence-corrected chi connectivity index (χ3v) is 1.30. The second-order valence-corrected chi connectivity index (χ2v) is 2.25. The van der Waals surface area contributed by atoms with Crippen LogP contribution in [0, 0.1) is 0 Å².